The number of aliphatic hydroxyl groups is 1. The molecule has 0 unspecified atom stereocenters. The van der Waals surface area contributed by atoms with Crippen molar-refractivity contribution in [3.05, 3.63) is 30.6 Å². The molecule has 0 atom stereocenters. The second-order valence-electron chi connectivity index (χ2n) is 10.1. The van der Waals surface area contributed by atoms with Gasteiger partial charge in [-0.25, -0.2) is 9.13 Å². The van der Waals surface area contributed by atoms with Crippen LogP contribution in [0.4, 0.5) is 13.2 Å². The minimum absolute atomic E-state index is 0.0518. The van der Waals surface area contributed by atoms with Crippen molar-refractivity contribution in [2.45, 2.75) is 148 Å². The lowest BCUT2D eigenvalue weighted by Crippen LogP contribution is -2.30. The molecule has 0 saturated heterocycles. The number of allylic oxidation sites excluding steroid dienone is 2. The van der Waals surface area contributed by atoms with Crippen molar-refractivity contribution in [1.29, 1.82) is 0 Å². The minimum atomic E-state index is -4.84. The summed E-state index contributed by atoms with van der Waals surface area (Å²) in [6.07, 6.45) is 23.9. The number of halogens is 3. The Morgan fingerprint density at radius 3 is 1.86 bits per heavy atom. The fourth-order valence-corrected chi connectivity index (χ4v) is 4.45. The molecule has 0 amide bonds. The van der Waals surface area contributed by atoms with Crippen LogP contribution in [-0.2, 0) is 17.9 Å². The third-order valence-electron chi connectivity index (χ3n) is 6.69. The van der Waals surface area contributed by atoms with Crippen LogP contribution in [0.1, 0.15) is 129 Å². The molecule has 0 radical (unpaired) electrons. The fraction of sp³-hybridized carbons (Fsp3) is 0.793. The number of ketones is 1. The van der Waals surface area contributed by atoms with Crippen molar-refractivity contribution < 1.29 is 27.6 Å². The zero-order valence-corrected chi connectivity index (χ0v) is 22.5. The molecule has 0 spiro atoms. The molecule has 208 valence electrons. The van der Waals surface area contributed by atoms with Gasteiger partial charge in [0.2, 0.25) is 12.1 Å². The van der Waals surface area contributed by atoms with Gasteiger partial charge in [0.15, 0.2) is 5.78 Å². The van der Waals surface area contributed by atoms with Crippen molar-refractivity contribution in [3.63, 3.8) is 0 Å². The number of carbonyl (C=O) groups excluding carboxylic acids is 1. The molecule has 36 heavy (non-hydrogen) atoms. The van der Waals surface area contributed by atoms with Crippen LogP contribution in [0.5, 0.6) is 0 Å². The SMILES string of the molecule is CCCCCCCCCCCC[n+]1ccn(CCCCCCCCCCC(=O)C=C(O)C(F)(F)F)c1. The van der Waals surface area contributed by atoms with E-state index < -0.39 is 17.7 Å². The van der Waals surface area contributed by atoms with Crippen molar-refractivity contribution in [1.82, 2.24) is 4.57 Å². The van der Waals surface area contributed by atoms with E-state index in [0.29, 0.717) is 12.5 Å². The normalized spacial score (nSPS) is 12.4. The average Bonchev–Trinajstić information content (AvgIpc) is 3.28. The molecule has 0 aliphatic heterocycles. The average molecular weight is 516 g/mol. The van der Waals surface area contributed by atoms with Crippen LogP contribution in [0.3, 0.4) is 0 Å². The van der Waals surface area contributed by atoms with Gasteiger partial charge in [0.25, 0.3) is 0 Å². The number of alkyl halides is 3. The summed E-state index contributed by atoms with van der Waals surface area (Å²) in [6, 6.07) is 0. The van der Waals surface area contributed by atoms with Crippen LogP contribution < -0.4 is 4.57 Å². The Balaban J connectivity index is 1.93. The first-order valence-electron chi connectivity index (χ1n) is 14.4. The van der Waals surface area contributed by atoms with Crippen molar-refractivity contribution >= 4 is 5.78 Å². The highest BCUT2D eigenvalue weighted by atomic mass is 19.4. The van der Waals surface area contributed by atoms with Gasteiger partial charge in [0.1, 0.15) is 12.4 Å². The Morgan fingerprint density at radius 1 is 0.806 bits per heavy atom. The Kier molecular flexibility index (Phi) is 18.2. The Hall–Kier alpha value is -1.79. The number of aromatic nitrogens is 2. The lowest BCUT2D eigenvalue weighted by Gasteiger charge is -2.04. The van der Waals surface area contributed by atoms with E-state index in [1.807, 2.05) is 0 Å². The highest BCUT2D eigenvalue weighted by Crippen LogP contribution is 2.23. The van der Waals surface area contributed by atoms with E-state index in [4.69, 9.17) is 5.11 Å². The van der Waals surface area contributed by atoms with Gasteiger partial charge in [-0.3, -0.25) is 4.79 Å². The van der Waals surface area contributed by atoms with E-state index in [1.165, 1.54) is 77.0 Å². The van der Waals surface area contributed by atoms with Crippen molar-refractivity contribution in [2.75, 3.05) is 0 Å². The summed E-state index contributed by atoms with van der Waals surface area (Å²) < 4.78 is 41.1. The van der Waals surface area contributed by atoms with E-state index in [1.54, 1.807) is 0 Å². The topological polar surface area (TPSA) is 46.1 Å². The highest BCUT2D eigenvalue weighted by Gasteiger charge is 2.34. The quantitative estimate of drug-likeness (QED) is 0.0685. The van der Waals surface area contributed by atoms with E-state index >= 15 is 0 Å². The molecule has 7 heteroatoms. The van der Waals surface area contributed by atoms with Crippen molar-refractivity contribution in [3.8, 4) is 0 Å². The lowest BCUT2D eigenvalue weighted by molar-refractivity contribution is -0.696. The first-order chi connectivity index (χ1) is 17.3. The molecule has 1 aromatic rings. The van der Waals surface area contributed by atoms with Gasteiger partial charge in [-0.1, -0.05) is 90.4 Å². The second-order valence-corrected chi connectivity index (χ2v) is 10.1. The lowest BCUT2D eigenvalue weighted by atomic mass is 10.1. The monoisotopic (exact) mass is 515 g/mol. The number of unbranched alkanes of at least 4 members (excludes halogenated alkanes) is 16. The predicted octanol–water partition coefficient (Wildman–Crippen LogP) is 8.78. The standard InChI is InChI=1S/C29H49F3N2O2/c1-2-3-4-5-6-7-9-12-15-18-21-33-23-24-34(26-33)22-19-16-13-10-8-11-14-17-20-27(35)25-28(36)29(30,31)32/h23-26H,2-22H2,1H3/p+1. The second kappa shape index (κ2) is 20.3. The number of hydrogen-bond acceptors (Lipinski definition) is 2. The Labute approximate surface area is 217 Å². The van der Waals surface area contributed by atoms with E-state index in [9.17, 15) is 18.0 Å². The molecule has 0 fully saturated rings. The summed E-state index contributed by atoms with van der Waals surface area (Å²) in [4.78, 5) is 11.4. The molecule has 0 bridgehead atoms. The number of carbonyl (C=O) groups is 1. The Morgan fingerprint density at radius 2 is 1.31 bits per heavy atom. The number of hydrogen-bond donors (Lipinski definition) is 1. The summed E-state index contributed by atoms with van der Waals surface area (Å²) in [5.41, 5.74) is 0. The van der Waals surface area contributed by atoms with Gasteiger partial charge in [-0.05, 0) is 32.1 Å². The van der Waals surface area contributed by atoms with Crippen LogP contribution >= 0.6 is 0 Å². The molecule has 0 saturated carbocycles. The van der Waals surface area contributed by atoms with Gasteiger partial charge >= 0.3 is 6.18 Å². The van der Waals surface area contributed by atoms with Crippen LogP contribution in [0, 0.1) is 0 Å². The minimum Gasteiger partial charge on any atom is -0.504 e. The summed E-state index contributed by atoms with van der Waals surface area (Å²) in [7, 11) is 0. The maximum atomic E-state index is 12.2. The maximum absolute atomic E-state index is 12.2. The number of imidazole rings is 1. The van der Waals surface area contributed by atoms with Gasteiger partial charge in [-0.2, -0.15) is 13.2 Å². The van der Waals surface area contributed by atoms with Crippen molar-refractivity contribution in [2.24, 2.45) is 0 Å². The largest absolute Gasteiger partial charge is 0.504 e. The fourth-order valence-electron chi connectivity index (χ4n) is 4.45. The zero-order valence-electron chi connectivity index (χ0n) is 22.5. The number of nitrogens with zero attached hydrogens (tertiary/aromatic N) is 2. The van der Waals surface area contributed by atoms with E-state index in [2.05, 4.69) is 34.8 Å². The third-order valence-corrected chi connectivity index (χ3v) is 6.69. The van der Waals surface area contributed by atoms with Crippen LogP contribution in [-0.4, -0.2) is 21.6 Å². The summed E-state index contributed by atoms with van der Waals surface area (Å²) in [5, 5.41) is 8.78. The first kappa shape index (κ1) is 32.2. The zero-order chi connectivity index (χ0) is 26.5. The molecular formula is C29H50F3N2O2+. The van der Waals surface area contributed by atoms with E-state index in [0.717, 1.165) is 45.2 Å². The van der Waals surface area contributed by atoms with Gasteiger partial charge in [0, 0.05) is 12.5 Å². The smallest absolute Gasteiger partial charge is 0.448 e. The number of rotatable bonds is 23. The molecule has 1 heterocycles. The number of aliphatic hydroxyl groups excluding tert-OH is 1. The Bertz CT molecular complexity index is 714. The molecule has 1 N–H and O–H groups in total. The predicted molar refractivity (Wildman–Crippen MR) is 140 cm³/mol. The van der Waals surface area contributed by atoms with Gasteiger partial charge in [0.05, 0.1) is 13.1 Å². The van der Waals surface area contributed by atoms with Crippen LogP contribution in [0.15, 0.2) is 30.6 Å². The molecular weight excluding hydrogens is 465 g/mol. The molecule has 0 aromatic carbocycles. The molecule has 1 aromatic heterocycles. The summed E-state index contributed by atoms with van der Waals surface area (Å²) in [6.45, 7) is 4.42. The van der Waals surface area contributed by atoms with Gasteiger partial charge in [-0.15, -0.1) is 0 Å². The van der Waals surface area contributed by atoms with Gasteiger partial charge < -0.3 is 5.11 Å². The molecule has 0 aliphatic rings. The van der Waals surface area contributed by atoms with E-state index in [-0.39, 0.29) is 6.42 Å². The van der Waals surface area contributed by atoms with Crippen LogP contribution in [0.2, 0.25) is 0 Å². The summed E-state index contributed by atoms with van der Waals surface area (Å²) >= 11 is 0. The number of aryl methyl sites for hydroxylation is 2. The first-order valence-corrected chi connectivity index (χ1v) is 14.4. The molecule has 4 nitrogen and oxygen atoms in total. The summed E-state index contributed by atoms with van der Waals surface area (Å²) in [5.74, 6) is -2.48. The maximum Gasteiger partial charge on any atom is 0.448 e. The highest BCUT2D eigenvalue weighted by molar-refractivity contribution is 5.90. The van der Waals surface area contributed by atoms with Crippen LogP contribution in [0.25, 0.3) is 0 Å². The molecule has 1 rings (SSSR count). The molecule has 0 aliphatic carbocycles. The third kappa shape index (κ3) is 17.6.